The van der Waals surface area contributed by atoms with Crippen LogP contribution in [0, 0.1) is 6.92 Å². The maximum absolute atomic E-state index is 5.80. The molecule has 2 rings (SSSR count). The minimum absolute atomic E-state index is 0.0252. The number of nitrogens with zero attached hydrogens (tertiary/aromatic N) is 2. The van der Waals surface area contributed by atoms with E-state index in [0.717, 1.165) is 11.4 Å². The van der Waals surface area contributed by atoms with Gasteiger partial charge in [-0.2, -0.15) is 0 Å². The van der Waals surface area contributed by atoms with Crippen molar-refractivity contribution in [1.29, 1.82) is 0 Å². The van der Waals surface area contributed by atoms with Crippen LogP contribution in [0.4, 0.5) is 11.4 Å². The Hall–Kier alpha value is -1.87. The van der Waals surface area contributed by atoms with Crippen molar-refractivity contribution in [1.82, 2.24) is 4.98 Å². The Bertz CT molecular complexity index is 518. The molecule has 94 valence electrons. The molecule has 1 atom stereocenters. The summed E-state index contributed by atoms with van der Waals surface area (Å²) in [5, 5.41) is 0. The first-order valence-corrected chi connectivity index (χ1v) is 6.10. The molecule has 3 heteroatoms. The summed E-state index contributed by atoms with van der Waals surface area (Å²) in [5.74, 6) is 0. The zero-order valence-corrected chi connectivity index (χ0v) is 11.1. The molecule has 0 aliphatic rings. The third kappa shape index (κ3) is 2.51. The Morgan fingerprint density at radius 3 is 2.44 bits per heavy atom. The summed E-state index contributed by atoms with van der Waals surface area (Å²) >= 11 is 0. The second-order valence-corrected chi connectivity index (χ2v) is 4.58. The monoisotopic (exact) mass is 241 g/mol. The lowest BCUT2D eigenvalue weighted by atomic mass is 10.1. The molecule has 18 heavy (non-hydrogen) atoms. The molecular weight excluding hydrogens is 222 g/mol. The average Bonchev–Trinajstić information content (AvgIpc) is 2.38. The predicted molar refractivity (Wildman–Crippen MR) is 76.1 cm³/mol. The van der Waals surface area contributed by atoms with E-state index in [-0.39, 0.29) is 6.04 Å². The molecule has 3 nitrogen and oxygen atoms in total. The molecule has 0 radical (unpaired) electrons. The van der Waals surface area contributed by atoms with Gasteiger partial charge in [0.2, 0.25) is 0 Å². The van der Waals surface area contributed by atoms with Crippen LogP contribution in [0.5, 0.6) is 0 Å². The third-order valence-corrected chi connectivity index (χ3v) is 3.10. The Morgan fingerprint density at radius 2 is 1.89 bits per heavy atom. The van der Waals surface area contributed by atoms with Gasteiger partial charge in [-0.15, -0.1) is 0 Å². The topological polar surface area (TPSA) is 42.1 Å². The van der Waals surface area contributed by atoms with Crippen LogP contribution in [0.25, 0.3) is 0 Å². The molecule has 0 unspecified atom stereocenters. The van der Waals surface area contributed by atoms with Gasteiger partial charge >= 0.3 is 0 Å². The van der Waals surface area contributed by atoms with E-state index in [1.165, 1.54) is 11.3 Å². The number of para-hydroxylation sites is 1. The molecule has 1 aromatic heterocycles. The highest BCUT2D eigenvalue weighted by Crippen LogP contribution is 2.26. The van der Waals surface area contributed by atoms with Crippen LogP contribution < -0.4 is 10.6 Å². The number of aryl methyl sites for hydroxylation is 1. The number of rotatable bonds is 3. The predicted octanol–water partition coefficient (Wildman–Crippen LogP) is 3.18. The van der Waals surface area contributed by atoms with Gasteiger partial charge in [-0.05, 0) is 37.6 Å². The number of nitrogens with two attached hydrogens (primary N) is 1. The van der Waals surface area contributed by atoms with E-state index in [1.807, 2.05) is 38.4 Å². The van der Waals surface area contributed by atoms with Crippen LogP contribution in [-0.4, -0.2) is 12.0 Å². The fourth-order valence-electron chi connectivity index (χ4n) is 1.94. The Kier molecular flexibility index (Phi) is 3.63. The van der Waals surface area contributed by atoms with Crippen molar-refractivity contribution >= 4 is 11.4 Å². The first-order valence-electron chi connectivity index (χ1n) is 6.10. The van der Waals surface area contributed by atoms with Crippen molar-refractivity contribution in [2.24, 2.45) is 5.73 Å². The number of anilines is 2. The quantitative estimate of drug-likeness (QED) is 0.897. The molecule has 0 saturated heterocycles. The first kappa shape index (κ1) is 12.6. The van der Waals surface area contributed by atoms with Gasteiger partial charge in [0.1, 0.15) is 0 Å². The van der Waals surface area contributed by atoms with Crippen LogP contribution in [0.3, 0.4) is 0 Å². The molecule has 0 saturated carbocycles. The Morgan fingerprint density at radius 1 is 1.17 bits per heavy atom. The van der Waals surface area contributed by atoms with Crippen LogP contribution in [0.1, 0.15) is 24.2 Å². The van der Waals surface area contributed by atoms with E-state index in [4.69, 9.17) is 5.73 Å². The molecule has 2 N–H and O–H groups in total. The molecule has 0 aliphatic heterocycles. The van der Waals surface area contributed by atoms with Crippen LogP contribution >= 0.6 is 0 Å². The molecule has 0 bridgehead atoms. The van der Waals surface area contributed by atoms with Gasteiger partial charge < -0.3 is 10.6 Å². The average molecular weight is 241 g/mol. The number of benzene rings is 1. The number of hydrogen-bond acceptors (Lipinski definition) is 3. The van der Waals surface area contributed by atoms with Crippen molar-refractivity contribution in [2.45, 2.75) is 19.9 Å². The van der Waals surface area contributed by atoms with E-state index in [1.54, 1.807) is 0 Å². The normalized spacial score (nSPS) is 12.2. The van der Waals surface area contributed by atoms with Gasteiger partial charge in [0.15, 0.2) is 0 Å². The molecule has 2 aromatic rings. The number of pyridine rings is 1. The zero-order chi connectivity index (χ0) is 13.1. The summed E-state index contributed by atoms with van der Waals surface area (Å²) in [6.45, 7) is 4.04. The minimum Gasteiger partial charge on any atom is -0.343 e. The van der Waals surface area contributed by atoms with E-state index in [0.29, 0.717) is 0 Å². The first-order chi connectivity index (χ1) is 8.59. The second kappa shape index (κ2) is 5.19. The summed E-state index contributed by atoms with van der Waals surface area (Å²) < 4.78 is 0. The lowest BCUT2D eigenvalue weighted by molar-refractivity contribution is 0.781. The van der Waals surface area contributed by atoms with Gasteiger partial charge in [0, 0.05) is 18.8 Å². The van der Waals surface area contributed by atoms with E-state index in [9.17, 15) is 0 Å². The number of hydrogen-bond donors (Lipinski definition) is 1. The van der Waals surface area contributed by atoms with Gasteiger partial charge in [0.25, 0.3) is 0 Å². The summed E-state index contributed by atoms with van der Waals surface area (Å²) in [4.78, 5) is 6.52. The molecule has 1 heterocycles. The largest absolute Gasteiger partial charge is 0.343 e. The highest BCUT2D eigenvalue weighted by molar-refractivity contribution is 5.64. The third-order valence-electron chi connectivity index (χ3n) is 3.10. The molecule has 0 aliphatic carbocycles. The van der Waals surface area contributed by atoms with Crippen molar-refractivity contribution in [3.05, 3.63) is 53.9 Å². The summed E-state index contributed by atoms with van der Waals surface area (Å²) in [7, 11) is 2.05. The summed E-state index contributed by atoms with van der Waals surface area (Å²) in [5.41, 5.74) is 10.2. The molecule has 0 spiro atoms. The maximum atomic E-state index is 5.80. The highest BCUT2D eigenvalue weighted by atomic mass is 15.1. The SMILES string of the molecule is Cc1ccccc1N(C)c1ccc([C@H](C)N)nc1. The van der Waals surface area contributed by atoms with E-state index in [2.05, 4.69) is 35.0 Å². The lowest BCUT2D eigenvalue weighted by Gasteiger charge is -2.21. The lowest BCUT2D eigenvalue weighted by Crippen LogP contribution is -2.12. The summed E-state index contributed by atoms with van der Waals surface area (Å²) in [6, 6.07) is 12.3. The fourth-order valence-corrected chi connectivity index (χ4v) is 1.94. The molecule has 1 aromatic carbocycles. The van der Waals surface area contributed by atoms with Crippen LogP contribution in [0.2, 0.25) is 0 Å². The van der Waals surface area contributed by atoms with Gasteiger partial charge in [-0.25, -0.2) is 0 Å². The second-order valence-electron chi connectivity index (χ2n) is 4.58. The Labute approximate surface area is 108 Å². The summed E-state index contributed by atoms with van der Waals surface area (Å²) in [6.07, 6.45) is 1.87. The molecular formula is C15H19N3. The number of aromatic nitrogens is 1. The van der Waals surface area contributed by atoms with Gasteiger partial charge in [-0.3, -0.25) is 4.98 Å². The standard InChI is InChI=1S/C15H19N3/c1-11-6-4-5-7-15(11)18(3)13-8-9-14(12(2)16)17-10-13/h4-10,12H,16H2,1-3H3/t12-/m0/s1. The smallest absolute Gasteiger partial charge is 0.0594 e. The van der Waals surface area contributed by atoms with Crippen LogP contribution in [0.15, 0.2) is 42.6 Å². The van der Waals surface area contributed by atoms with Crippen molar-refractivity contribution in [3.63, 3.8) is 0 Å². The van der Waals surface area contributed by atoms with E-state index < -0.39 is 0 Å². The van der Waals surface area contributed by atoms with Gasteiger partial charge in [-0.1, -0.05) is 18.2 Å². The highest BCUT2D eigenvalue weighted by Gasteiger charge is 2.07. The molecule has 0 fully saturated rings. The Balaban J connectivity index is 2.29. The fraction of sp³-hybridized carbons (Fsp3) is 0.267. The van der Waals surface area contributed by atoms with Crippen molar-refractivity contribution in [2.75, 3.05) is 11.9 Å². The maximum Gasteiger partial charge on any atom is 0.0594 e. The van der Waals surface area contributed by atoms with Crippen LogP contribution in [-0.2, 0) is 0 Å². The minimum atomic E-state index is -0.0252. The van der Waals surface area contributed by atoms with Gasteiger partial charge in [0.05, 0.1) is 17.6 Å². The van der Waals surface area contributed by atoms with Crippen molar-refractivity contribution < 1.29 is 0 Å². The van der Waals surface area contributed by atoms with Crippen molar-refractivity contribution in [3.8, 4) is 0 Å². The molecule has 0 amide bonds. The zero-order valence-electron chi connectivity index (χ0n) is 11.1. The van der Waals surface area contributed by atoms with E-state index >= 15 is 0 Å².